The molecule has 1 rings (SSSR count). The SMILES string of the molecule is CC[C@H](O)c1ccccc1OCCC(=O)NC. The van der Waals surface area contributed by atoms with Crippen LogP contribution >= 0.6 is 0 Å². The third-order valence-electron chi connectivity index (χ3n) is 2.53. The first-order valence-corrected chi connectivity index (χ1v) is 5.79. The van der Waals surface area contributed by atoms with E-state index in [1.807, 2.05) is 25.1 Å². The molecule has 1 atom stereocenters. The maximum Gasteiger partial charge on any atom is 0.223 e. The molecule has 1 aromatic carbocycles. The standard InChI is InChI=1S/C13H19NO3/c1-3-11(15)10-6-4-5-7-12(10)17-9-8-13(16)14-2/h4-7,11,15H,3,8-9H2,1-2H3,(H,14,16)/t11-/m0/s1. The summed E-state index contributed by atoms with van der Waals surface area (Å²) in [6, 6.07) is 7.35. The summed E-state index contributed by atoms with van der Waals surface area (Å²) in [5.74, 6) is 0.587. The van der Waals surface area contributed by atoms with Crippen LogP contribution in [0.2, 0.25) is 0 Å². The number of nitrogens with one attached hydrogen (secondary N) is 1. The number of amides is 1. The average Bonchev–Trinajstić information content (AvgIpc) is 2.38. The molecule has 0 saturated heterocycles. The van der Waals surface area contributed by atoms with Crippen LogP contribution in [0.15, 0.2) is 24.3 Å². The second-order valence-corrected chi connectivity index (χ2v) is 3.73. The molecule has 94 valence electrons. The van der Waals surface area contributed by atoms with E-state index in [0.717, 1.165) is 5.56 Å². The van der Waals surface area contributed by atoms with Crippen molar-refractivity contribution in [3.8, 4) is 5.75 Å². The van der Waals surface area contributed by atoms with Crippen molar-refractivity contribution in [2.45, 2.75) is 25.9 Å². The van der Waals surface area contributed by atoms with E-state index in [9.17, 15) is 9.90 Å². The molecule has 0 aliphatic rings. The molecule has 4 heteroatoms. The van der Waals surface area contributed by atoms with Gasteiger partial charge in [0, 0.05) is 12.6 Å². The second kappa shape index (κ2) is 6.91. The van der Waals surface area contributed by atoms with E-state index >= 15 is 0 Å². The van der Waals surface area contributed by atoms with Crippen LogP contribution in [0.5, 0.6) is 5.75 Å². The maximum absolute atomic E-state index is 11.0. The van der Waals surface area contributed by atoms with E-state index in [4.69, 9.17) is 4.74 Å². The molecule has 0 radical (unpaired) electrons. The van der Waals surface area contributed by atoms with Gasteiger partial charge < -0.3 is 15.2 Å². The number of rotatable bonds is 6. The van der Waals surface area contributed by atoms with Gasteiger partial charge in [-0.3, -0.25) is 4.79 Å². The molecule has 1 amide bonds. The van der Waals surface area contributed by atoms with Crippen LogP contribution in [-0.4, -0.2) is 24.7 Å². The first-order chi connectivity index (χ1) is 8.19. The Morgan fingerprint density at radius 2 is 2.18 bits per heavy atom. The number of hydrogen-bond acceptors (Lipinski definition) is 3. The van der Waals surface area contributed by atoms with E-state index in [1.54, 1.807) is 13.1 Å². The highest BCUT2D eigenvalue weighted by Gasteiger charge is 2.11. The van der Waals surface area contributed by atoms with Gasteiger partial charge in [0.05, 0.1) is 19.1 Å². The predicted molar refractivity (Wildman–Crippen MR) is 65.9 cm³/mol. The summed E-state index contributed by atoms with van der Waals surface area (Å²) in [5, 5.41) is 12.3. The molecule has 0 heterocycles. The number of hydrogen-bond donors (Lipinski definition) is 2. The van der Waals surface area contributed by atoms with E-state index < -0.39 is 6.10 Å². The summed E-state index contributed by atoms with van der Waals surface area (Å²) in [6.07, 6.45) is 0.425. The van der Waals surface area contributed by atoms with Crippen molar-refractivity contribution in [2.75, 3.05) is 13.7 Å². The molecule has 0 saturated carbocycles. The van der Waals surface area contributed by atoms with Crippen molar-refractivity contribution in [2.24, 2.45) is 0 Å². The summed E-state index contributed by atoms with van der Waals surface area (Å²) in [6.45, 7) is 2.22. The van der Waals surface area contributed by atoms with Crippen LogP contribution < -0.4 is 10.1 Å². The van der Waals surface area contributed by atoms with E-state index in [1.165, 1.54) is 0 Å². The normalized spacial score (nSPS) is 11.9. The number of benzene rings is 1. The minimum absolute atomic E-state index is 0.0569. The maximum atomic E-state index is 11.0. The van der Waals surface area contributed by atoms with Gasteiger partial charge >= 0.3 is 0 Å². The van der Waals surface area contributed by atoms with E-state index in [2.05, 4.69) is 5.32 Å². The topological polar surface area (TPSA) is 58.6 Å². The van der Waals surface area contributed by atoms with Gasteiger partial charge in [-0.2, -0.15) is 0 Å². The molecule has 0 unspecified atom stereocenters. The van der Waals surface area contributed by atoms with Crippen molar-refractivity contribution < 1.29 is 14.6 Å². The fourth-order valence-corrected chi connectivity index (χ4v) is 1.49. The van der Waals surface area contributed by atoms with Crippen LogP contribution in [-0.2, 0) is 4.79 Å². The van der Waals surface area contributed by atoms with Crippen LogP contribution in [0.3, 0.4) is 0 Å². The monoisotopic (exact) mass is 237 g/mol. The van der Waals surface area contributed by atoms with Crippen LogP contribution in [0.1, 0.15) is 31.4 Å². The smallest absolute Gasteiger partial charge is 0.223 e. The predicted octanol–water partition coefficient (Wildman–Crippen LogP) is 1.64. The van der Waals surface area contributed by atoms with Gasteiger partial charge in [0.2, 0.25) is 5.91 Å². The number of carbonyl (C=O) groups is 1. The molecule has 0 aliphatic carbocycles. The van der Waals surface area contributed by atoms with Gasteiger partial charge in [0.25, 0.3) is 0 Å². The van der Waals surface area contributed by atoms with Crippen LogP contribution in [0, 0.1) is 0 Å². The van der Waals surface area contributed by atoms with Gasteiger partial charge in [-0.1, -0.05) is 25.1 Å². The molecule has 0 fully saturated rings. The van der Waals surface area contributed by atoms with Crippen molar-refractivity contribution in [1.29, 1.82) is 0 Å². The molecule has 0 bridgehead atoms. The Labute approximate surface area is 102 Å². The molecule has 17 heavy (non-hydrogen) atoms. The summed E-state index contributed by atoms with van der Waals surface area (Å²) in [4.78, 5) is 11.0. The first-order valence-electron chi connectivity index (χ1n) is 5.79. The lowest BCUT2D eigenvalue weighted by Crippen LogP contribution is -2.20. The molecule has 2 N–H and O–H groups in total. The molecule has 4 nitrogen and oxygen atoms in total. The third kappa shape index (κ3) is 4.07. The zero-order valence-corrected chi connectivity index (χ0v) is 10.3. The minimum atomic E-state index is -0.522. The quantitative estimate of drug-likeness (QED) is 0.791. The lowest BCUT2D eigenvalue weighted by atomic mass is 10.1. The highest BCUT2D eigenvalue weighted by Crippen LogP contribution is 2.26. The Morgan fingerprint density at radius 1 is 1.47 bits per heavy atom. The molecule has 0 spiro atoms. The Bertz CT molecular complexity index is 365. The van der Waals surface area contributed by atoms with E-state index in [-0.39, 0.29) is 5.91 Å². The lowest BCUT2D eigenvalue weighted by Gasteiger charge is -2.14. The zero-order valence-electron chi connectivity index (χ0n) is 10.3. The second-order valence-electron chi connectivity index (χ2n) is 3.73. The van der Waals surface area contributed by atoms with Crippen molar-refractivity contribution in [3.63, 3.8) is 0 Å². The molecule has 1 aromatic rings. The van der Waals surface area contributed by atoms with Gasteiger partial charge in [0.15, 0.2) is 0 Å². The number of aliphatic hydroxyl groups is 1. The molecule has 0 aromatic heterocycles. The first kappa shape index (κ1) is 13.5. The van der Waals surface area contributed by atoms with E-state index in [0.29, 0.717) is 25.2 Å². The van der Waals surface area contributed by atoms with Gasteiger partial charge in [-0.05, 0) is 12.5 Å². The van der Waals surface area contributed by atoms with Gasteiger partial charge in [0.1, 0.15) is 5.75 Å². The highest BCUT2D eigenvalue weighted by molar-refractivity contribution is 5.75. The van der Waals surface area contributed by atoms with Gasteiger partial charge in [-0.25, -0.2) is 0 Å². The summed E-state index contributed by atoms with van der Waals surface area (Å²) in [7, 11) is 1.59. The number of carbonyl (C=O) groups excluding carboxylic acids is 1. The van der Waals surface area contributed by atoms with Crippen molar-refractivity contribution in [1.82, 2.24) is 5.32 Å². The molecule has 0 aliphatic heterocycles. The Morgan fingerprint density at radius 3 is 2.82 bits per heavy atom. The molecular formula is C13H19NO3. The zero-order chi connectivity index (χ0) is 12.7. The Balaban J connectivity index is 2.61. The van der Waals surface area contributed by atoms with Crippen molar-refractivity contribution in [3.05, 3.63) is 29.8 Å². The average molecular weight is 237 g/mol. The number of para-hydroxylation sites is 1. The Hall–Kier alpha value is -1.55. The van der Waals surface area contributed by atoms with Crippen LogP contribution in [0.4, 0.5) is 0 Å². The number of aliphatic hydroxyl groups excluding tert-OH is 1. The lowest BCUT2D eigenvalue weighted by molar-refractivity contribution is -0.121. The van der Waals surface area contributed by atoms with Crippen LogP contribution in [0.25, 0.3) is 0 Å². The third-order valence-corrected chi connectivity index (χ3v) is 2.53. The number of ether oxygens (including phenoxy) is 1. The summed E-state index contributed by atoms with van der Waals surface area (Å²) in [5.41, 5.74) is 0.770. The highest BCUT2D eigenvalue weighted by atomic mass is 16.5. The summed E-state index contributed by atoms with van der Waals surface area (Å²) < 4.78 is 5.51. The summed E-state index contributed by atoms with van der Waals surface area (Å²) >= 11 is 0. The Kier molecular flexibility index (Phi) is 5.49. The van der Waals surface area contributed by atoms with Crippen molar-refractivity contribution >= 4 is 5.91 Å². The molecular weight excluding hydrogens is 218 g/mol. The fourth-order valence-electron chi connectivity index (χ4n) is 1.49. The minimum Gasteiger partial charge on any atom is -0.493 e. The largest absolute Gasteiger partial charge is 0.493 e. The van der Waals surface area contributed by atoms with Gasteiger partial charge in [-0.15, -0.1) is 0 Å². The fraction of sp³-hybridized carbons (Fsp3) is 0.462.